The molecule has 0 saturated heterocycles. The van der Waals surface area contributed by atoms with Gasteiger partial charge in [0, 0.05) is 44.1 Å². The van der Waals surface area contributed by atoms with Gasteiger partial charge in [0.1, 0.15) is 12.4 Å². The van der Waals surface area contributed by atoms with Crippen molar-refractivity contribution in [2.75, 3.05) is 6.61 Å². The Morgan fingerprint density at radius 1 is 1.17 bits per heavy atom. The summed E-state index contributed by atoms with van der Waals surface area (Å²) >= 11 is 0. The average Bonchev–Trinajstić information content (AvgIpc) is 2.05. The van der Waals surface area contributed by atoms with Gasteiger partial charge in [0.2, 0.25) is 0 Å². The van der Waals surface area contributed by atoms with E-state index in [-0.39, 0.29) is 38.5 Å². The monoisotopic (exact) mass is 239 g/mol. The number of ether oxygens (including phenoxy) is 1. The average molecular weight is 239 g/mol. The summed E-state index contributed by atoms with van der Waals surface area (Å²) in [4.78, 5) is 0. The molecule has 0 bridgehead atoms. The van der Waals surface area contributed by atoms with Crippen LogP contribution in [0, 0.1) is 0 Å². The van der Waals surface area contributed by atoms with E-state index in [0.29, 0.717) is 6.61 Å². The summed E-state index contributed by atoms with van der Waals surface area (Å²) in [6.45, 7) is 0.705. The van der Waals surface area contributed by atoms with Gasteiger partial charge in [-0.25, -0.2) is 0 Å². The summed E-state index contributed by atoms with van der Waals surface area (Å²) in [5.74, 6) is 0.991. The quantitative estimate of drug-likeness (QED) is 0.630. The van der Waals surface area contributed by atoms with Crippen molar-refractivity contribution in [3.05, 3.63) is 35.9 Å². The standard InChI is InChI=1S/C9H8O.Co.Ti/c1-2-6-9-8(4-1)5-3-7-10-9;;/h1-6H,7H2;;. The third-order valence-electron chi connectivity index (χ3n) is 1.55. The molecular formula is C9H8CoOTi. The van der Waals surface area contributed by atoms with E-state index in [0.717, 1.165) is 5.75 Å². The third kappa shape index (κ3) is 2.49. The molecule has 0 aromatic heterocycles. The zero-order valence-electron chi connectivity index (χ0n) is 6.41. The Bertz CT molecular complexity index is 273. The van der Waals surface area contributed by atoms with Crippen molar-refractivity contribution in [3.8, 4) is 5.75 Å². The van der Waals surface area contributed by atoms with Gasteiger partial charge in [-0.05, 0) is 12.1 Å². The van der Waals surface area contributed by atoms with Crippen LogP contribution in [0.25, 0.3) is 6.08 Å². The summed E-state index contributed by atoms with van der Waals surface area (Å²) in [7, 11) is 0. The first kappa shape index (κ1) is 12.0. The summed E-state index contributed by atoms with van der Waals surface area (Å²) in [5.41, 5.74) is 1.17. The van der Waals surface area contributed by atoms with Gasteiger partial charge in [-0.1, -0.05) is 24.3 Å². The van der Waals surface area contributed by atoms with Crippen LogP contribution in [0.4, 0.5) is 0 Å². The Hall–Kier alpha value is -0.0192. The van der Waals surface area contributed by atoms with Crippen molar-refractivity contribution in [2.45, 2.75) is 0 Å². The second-order valence-corrected chi connectivity index (χ2v) is 2.25. The van der Waals surface area contributed by atoms with E-state index in [2.05, 4.69) is 6.08 Å². The van der Waals surface area contributed by atoms with E-state index < -0.39 is 0 Å². The first-order valence-electron chi connectivity index (χ1n) is 3.35. The second-order valence-electron chi connectivity index (χ2n) is 2.25. The van der Waals surface area contributed by atoms with E-state index in [1.807, 2.05) is 30.3 Å². The smallest absolute Gasteiger partial charge is 0.126 e. The van der Waals surface area contributed by atoms with E-state index in [9.17, 15) is 0 Å². The molecule has 1 aromatic carbocycles. The molecule has 1 aliphatic rings. The molecule has 0 aliphatic carbocycles. The molecular weight excluding hydrogens is 231 g/mol. The van der Waals surface area contributed by atoms with Crippen molar-refractivity contribution in [2.24, 2.45) is 0 Å². The molecule has 3 heteroatoms. The molecule has 0 atom stereocenters. The van der Waals surface area contributed by atoms with Gasteiger partial charge in [-0.3, -0.25) is 0 Å². The van der Waals surface area contributed by atoms with Crippen LogP contribution in [-0.2, 0) is 38.5 Å². The maximum Gasteiger partial charge on any atom is 0.126 e. The van der Waals surface area contributed by atoms with E-state index in [1.165, 1.54) is 5.56 Å². The summed E-state index contributed by atoms with van der Waals surface area (Å²) in [5, 5.41) is 0. The van der Waals surface area contributed by atoms with Gasteiger partial charge in [0.05, 0.1) is 0 Å². The Balaban J connectivity index is 0.000000605. The van der Waals surface area contributed by atoms with E-state index in [4.69, 9.17) is 4.74 Å². The van der Waals surface area contributed by atoms with Gasteiger partial charge in [-0.2, -0.15) is 0 Å². The molecule has 0 spiro atoms. The van der Waals surface area contributed by atoms with Crippen LogP contribution in [0.5, 0.6) is 5.75 Å². The van der Waals surface area contributed by atoms with Crippen molar-refractivity contribution in [1.82, 2.24) is 0 Å². The van der Waals surface area contributed by atoms with E-state index >= 15 is 0 Å². The van der Waals surface area contributed by atoms with Gasteiger partial charge in [0.15, 0.2) is 0 Å². The fourth-order valence-corrected chi connectivity index (χ4v) is 1.06. The van der Waals surface area contributed by atoms with Crippen LogP contribution in [0.3, 0.4) is 0 Å². The van der Waals surface area contributed by atoms with Gasteiger partial charge in [-0.15, -0.1) is 0 Å². The summed E-state index contributed by atoms with van der Waals surface area (Å²) in [6, 6.07) is 8.03. The Labute approximate surface area is 97.3 Å². The van der Waals surface area contributed by atoms with Crippen LogP contribution in [0.15, 0.2) is 30.3 Å². The number of hydrogen-bond donors (Lipinski definition) is 0. The molecule has 0 fully saturated rings. The van der Waals surface area contributed by atoms with Crippen LogP contribution in [0.2, 0.25) is 0 Å². The molecule has 0 saturated carbocycles. The van der Waals surface area contributed by atoms with Crippen molar-refractivity contribution >= 4 is 6.08 Å². The zero-order chi connectivity index (χ0) is 6.81. The summed E-state index contributed by atoms with van der Waals surface area (Å²) in [6.07, 6.45) is 4.10. The molecule has 1 aromatic rings. The molecule has 1 aliphatic heterocycles. The molecule has 63 valence electrons. The van der Waals surface area contributed by atoms with Crippen molar-refractivity contribution in [1.29, 1.82) is 0 Å². The first-order chi connectivity index (χ1) is 4.97. The number of benzene rings is 1. The van der Waals surface area contributed by atoms with Crippen molar-refractivity contribution in [3.63, 3.8) is 0 Å². The molecule has 12 heavy (non-hydrogen) atoms. The fraction of sp³-hybridized carbons (Fsp3) is 0.111. The number of para-hydroxylation sites is 1. The number of fused-ring (bicyclic) bond motifs is 1. The predicted molar refractivity (Wildman–Crippen MR) is 41.0 cm³/mol. The minimum atomic E-state index is 0. The minimum absolute atomic E-state index is 0. The van der Waals surface area contributed by atoms with Crippen LogP contribution >= 0.6 is 0 Å². The van der Waals surface area contributed by atoms with Gasteiger partial charge < -0.3 is 4.74 Å². The fourth-order valence-electron chi connectivity index (χ4n) is 1.06. The topological polar surface area (TPSA) is 9.23 Å². The Kier molecular flexibility index (Phi) is 5.59. The Morgan fingerprint density at radius 3 is 2.67 bits per heavy atom. The second kappa shape index (κ2) is 5.60. The maximum atomic E-state index is 5.34. The van der Waals surface area contributed by atoms with Crippen LogP contribution in [-0.4, -0.2) is 6.61 Å². The van der Waals surface area contributed by atoms with Crippen molar-refractivity contribution < 1.29 is 43.2 Å². The molecule has 0 unspecified atom stereocenters. The minimum Gasteiger partial charge on any atom is -0.489 e. The maximum absolute atomic E-state index is 5.34. The number of hydrogen-bond acceptors (Lipinski definition) is 1. The molecule has 2 rings (SSSR count). The SMILES string of the molecule is C1=Cc2ccccc2OC1.[Co].[Ti]. The van der Waals surface area contributed by atoms with E-state index in [1.54, 1.807) is 0 Å². The summed E-state index contributed by atoms with van der Waals surface area (Å²) < 4.78 is 5.34. The van der Waals surface area contributed by atoms with Gasteiger partial charge in [0.25, 0.3) is 0 Å². The number of rotatable bonds is 0. The Morgan fingerprint density at radius 2 is 1.92 bits per heavy atom. The molecule has 0 N–H and O–H groups in total. The molecule has 1 nitrogen and oxygen atoms in total. The van der Waals surface area contributed by atoms with Crippen LogP contribution in [0.1, 0.15) is 5.56 Å². The van der Waals surface area contributed by atoms with Gasteiger partial charge >= 0.3 is 0 Å². The normalized spacial score (nSPS) is 11.7. The predicted octanol–water partition coefficient (Wildman–Crippen LogP) is 2.09. The third-order valence-corrected chi connectivity index (χ3v) is 1.55. The molecule has 0 amide bonds. The first-order valence-corrected chi connectivity index (χ1v) is 3.35. The largest absolute Gasteiger partial charge is 0.489 e. The zero-order valence-corrected chi connectivity index (χ0v) is 9.02. The molecule has 1 heterocycles. The van der Waals surface area contributed by atoms with Crippen LogP contribution < -0.4 is 4.74 Å². The molecule has 1 radical (unpaired) electrons.